The van der Waals surface area contributed by atoms with Gasteiger partial charge in [-0.25, -0.2) is 45.0 Å². The maximum Gasteiger partial charge on any atom is 0.274 e. The van der Waals surface area contributed by atoms with Gasteiger partial charge in [0.1, 0.15) is 22.6 Å². The van der Waals surface area contributed by atoms with E-state index in [0.717, 1.165) is 58.1 Å². The van der Waals surface area contributed by atoms with Crippen molar-refractivity contribution in [1.29, 1.82) is 0 Å². The van der Waals surface area contributed by atoms with Gasteiger partial charge >= 0.3 is 0 Å². The van der Waals surface area contributed by atoms with Crippen LogP contribution in [0.5, 0.6) is 0 Å². The van der Waals surface area contributed by atoms with Crippen LogP contribution in [0.15, 0.2) is 141 Å². The fraction of sp³-hybridized carbons (Fsp3) is 0.352. The number of fused-ring (bicyclic) bond motifs is 8. The van der Waals surface area contributed by atoms with Crippen molar-refractivity contribution in [2.75, 3.05) is 16.0 Å². The zero-order chi connectivity index (χ0) is 67.8. The lowest BCUT2D eigenvalue weighted by molar-refractivity contribution is -0.0493. The molecule has 0 aliphatic carbocycles. The first-order chi connectivity index (χ1) is 43.8. The fourth-order valence-corrected chi connectivity index (χ4v) is 13.7. The summed E-state index contributed by atoms with van der Waals surface area (Å²) in [6.45, 7) is 20.5. The molecule has 9 aromatic rings. The van der Waals surface area contributed by atoms with Crippen LogP contribution in [-0.2, 0) is 22.2 Å². The molecule has 3 atom stereocenters. The number of anilines is 6. The second kappa shape index (κ2) is 26.2. The van der Waals surface area contributed by atoms with Crippen LogP contribution < -0.4 is 38.2 Å². The Morgan fingerprint density at radius 2 is 0.860 bits per heavy atom. The number of pyridine rings is 5. The van der Waals surface area contributed by atoms with E-state index < -0.39 is 56.6 Å². The molecule has 0 radical (unpaired) electrons. The predicted molar refractivity (Wildman–Crippen MR) is 353 cm³/mol. The van der Waals surface area contributed by atoms with Gasteiger partial charge in [0.15, 0.2) is 5.69 Å². The number of nitrogens with zero attached hydrogens (tertiary/aromatic N) is 2. The summed E-state index contributed by atoms with van der Waals surface area (Å²) in [5, 5.41) is 10.0. The van der Waals surface area contributed by atoms with Gasteiger partial charge in [0, 0.05) is 90.9 Å². The Bertz CT molecular complexity index is 4460. The summed E-state index contributed by atoms with van der Waals surface area (Å²) >= 11 is 6.11. The molecule has 3 aliphatic heterocycles. The second-order valence-electron chi connectivity index (χ2n) is 24.4. The number of aromatic amines is 4. The molecule has 8 heterocycles. The molecule has 4 aromatic carbocycles. The largest absolute Gasteiger partial charge is 0.351 e. The average Bonchev–Trinajstić information content (AvgIpc) is 0.731. The summed E-state index contributed by atoms with van der Waals surface area (Å²) in [6, 6.07) is 26.4. The first kappa shape index (κ1) is 68.3. The van der Waals surface area contributed by atoms with Crippen molar-refractivity contribution in [2.45, 2.75) is 160 Å². The third-order valence-electron chi connectivity index (χ3n) is 18.0. The standard InChI is InChI=1S/C19H19F2N3O.C19H22F2N2O.C18H19ClF2N2O.C15H12F2N2O/c1-4-5-9-19(18(2,20)21)13-8-10-23-17(25)16(13)24-15-7-6-12(22-3)11-14(15)19;1-4-5-9-19(18(3,20)21)13-8-10-22-17(24)16(13)23-15-7-6-12(2)11-14(15)19;1-3-4-8-18(17(2,20)21)12-7-9-22-16(24)15(12)23-14-6-5-11(19)10-13(14)18;1-8-3-4-11-10(7-8)12(15(2,16)17)9-5-6-18-14(20)13(9)19-11/h6-8,10-11,24H,4-5,9H2,1-2H3,(H,23,25);6-8,10-11,23H,4-5,9H2,1-3H3,(H,22,24);5-7,9-10,23H,3-4,8H2,1-2H3,(H,22,24);3-7H,1-2H3,(H,18,20). The van der Waals surface area contributed by atoms with E-state index in [1.54, 1.807) is 72.8 Å². The van der Waals surface area contributed by atoms with Gasteiger partial charge in [-0.05, 0) is 133 Å². The lowest BCUT2D eigenvalue weighted by Crippen LogP contribution is -2.48. The molecule has 12 rings (SSSR count). The van der Waals surface area contributed by atoms with Crippen LogP contribution in [0, 0.1) is 20.4 Å². The van der Waals surface area contributed by atoms with Crippen molar-refractivity contribution >= 4 is 73.2 Å². The van der Waals surface area contributed by atoms with Gasteiger partial charge < -0.3 is 35.9 Å². The van der Waals surface area contributed by atoms with Crippen LogP contribution >= 0.6 is 11.6 Å². The molecule has 3 unspecified atom stereocenters. The normalized spacial score (nSPS) is 17.6. The molecule has 13 nitrogen and oxygen atoms in total. The Balaban J connectivity index is 0.000000147. The van der Waals surface area contributed by atoms with Gasteiger partial charge in [0.2, 0.25) is 0 Å². The monoisotopic (exact) mass is 1300 g/mol. The molecule has 22 heteroatoms. The number of hydrogen-bond acceptors (Lipinski definition) is 8. The summed E-state index contributed by atoms with van der Waals surface area (Å²) in [6.07, 6.45) is 10.6. The van der Waals surface area contributed by atoms with Gasteiger partial charge in [0.25, 0.3) is 45.9 Å². The van der Waals surface area contributed by atoms with Crippen molar-refractivity contribution < 1.29 is 35.1 Å². The van der Waals surface area contributed by atoms with Crippen molar-refractivity contribution in [3.05, 3.63) is 230 Å². The number of benzene rings is 4. The molecule has 7 N–H and O–H groups in total. The van der Waals surface area contributed by atoms with E-state index in [4.69, 9.17) is 18.2 Å². The predicted octanol–water partition coefficient (Wildman–Crippen LogP) is 18.7. The third kappa shape index (κ3) is 12.5. The molecule has 0 bridgehead atoms. The van der Waals surface area contributed by atoms with Gasteiger partial charge in [-0.15, -0.1) is 0 Å². The highest BCUT2D eigenvalue weighted by atomic mass is 35.5. The molecular formula is C71H72ClF8N9O4. The highest BCUT2D eigenvalue weighted by Gasteiger charge is 2.58. The minimum Gasteiger partial charge on any atom is -0.351 e. The highest BCUT2D eigenvalue weighted by Crippen LogP contribution is 2.59. The van der Waals surface area contributed by atoms with E-state index in [2.05, 4.69) is 45.7 Å². The molecular weight excluding hydrogens is 1230 g/mol. The Morgan fingerprint density at radius 3 is 1.29 bits per heavy atom. The van der Waals surface area contributed by atoms with E-state index >= 15 is 26.3 Å². The number of nitrogens with one attached hydrogen (secondary N) is 7. The van der Waals surface area contributed by atoms with Crippen molar-refractivity contribution in [3.63, 3.8) is 0 Å². The molecule has 93 heavy (non-hydrogen) atoms. The zero-order valence-electron chi connectivity index (χ0n) is 52.8. The number of alkyl halides is 8. The lowest BCUT2D eigenvalue weighted by Gasteiger charge is -2.44. The summed E-state index contributed by atoms with van der Waals surface area (Å²) in [4.78, 5) is 66.3. The summed E-state index contributed by atoms with van der Waals surface area (Å²) < 4.78 is 118. The van der Waals surface area contributed by atoms with Crippen LogP contribution in [0.3, 0.4) is 0 Å². The van der Waals surface area contributed by atoms with E-state index in [1.165, 1.54) is 36.9 Å². The van der Waals surface area contributed by atoms with Gasteiger partial charge in [-0.2, -0.15) is 0 Å². The molecule has 3 aliphatic rings. The molecule has 488 valence electrons. The Hall–Kier alpha value is -9.03. The molecule has 0 saturated heterocycles. The maximum atomic E-state index is 15.1. The first-order valence-corrected chi connectivity index (χ1v) is 31.1. The van der Waals surface area contributed by atoms with E-state index in [9.17, 15) is 28.0 Å². The molecule has 0 fully saturated rings. The van der Waals surface area contributed by atoms with E-state index in [1.807, 2.05) is 46.8 Å². The van der Waals surface area contributed by atoms with E-state index in [-0.39, 0.29) is 57.5 Å². The molecule has 5 aromatic heterocycles. The number of rotatable bonds is 13. The smallest absolute Gasteiger partial charge is 0.274 e. The van der Waals surface area contributed by atoms with Crippen LogP contribution in [0.25, 0.3) is 26.7 Å². The highest BCUT2D eigenvalue weighted by molar-refractivity contribution is 6.30. The number of hydrogen-bond donors (Lipinski definition) is 7. The van der Waals surface area contributed by atoms with Gasteiger partial charge in [-0.3, -0.25) is 19.2 Å². The van der Waals surface area contributed by atoms with E-state index in [0.29, 0.717) is 92.2 Å². The molecule has 0 spiro atoms. The number of halogens is 9. The van der Waals surface area contributed by atoms with Crippen LogP contribution in [0.4, 0.5) is 74.9 Å². The van der Waals surface area contributed by atoms with Crippen molar-refractivity contribution in [1.82, 2.24) is 24.9 Å². The molecule has 0 saturated carbocycles. The second-order valence-corrected chi connectivity index (χ2v) is 24.8. The summed E-state index contributed by atoms with van der Waals surface area (Å²) in [5.74, 6) is -12.2. The van der Waals surface area contributed by atoms with Gasteiger partial charge in [0.05, 0.1) is 28.3 Å². The SMILES string of the molecule is CCCCC1(C(C)(F)F)c2cc(C)ccc2Nc2c1cc[nH]c2=O.CCCCC1(C(C)(F)F)c2cc(Cl)ccc2Nc2c1cc[nH]c2=O.Cc1ccc2nc3c(=O)[nH]ccc3c(C(C)(F)F)c2c1.[C-]#[N+]c1ccc2c(c1)C(CCCC)(C(C)(F)F)c1cc[nH]c(=O)c1N2. The van der Waals surface area contributed by atoms with Crippen molar-refractivity contribution in [2.24, 2.45) is 0 Å². The number of aryl methyl sites for hydroxylation is 2. The zero-order valence-corrected chi connectivity index (χ0v) is 53.6. The molecule has 0 amide bonds. The average molecular weight is 1300 g/mol. The van der Waals surface area contributed by atoms with Crippen molar-refractivity contribution in [3.8, 4) is 0 Å². The topological polar surface area (TPSA) is 185 Å². The Labute approximate surface area is 536 Å². The summed E-state index contributed by atoms with van der Waals surface area (Å²) in [7, 11) is 0. The van der Waals surface area contributed by atoms with Crippen LogP contribution in [0.2, 0.25) is 5.02 Å². The minimum atomic E-state index is -3.11. The Kier molecular flexibility index (Phi) is 19.2. The third-order valence-corrected chi connectivity index (χ3v) is 18.2. The number of unbranched alkanes of at least 4 members (excludes halogenated alkanes) is 3. The quantitative estimate of drug-likeness (QED) is 0.0338. The Morgan fingerprint density at radius 1 is 0.473 bits per heavy atom. The minimum absolute atomic E-state index is 0.0420. The first-order valence-electron chi connectivity index (χ1n) is 30.7. The van der Waals surface area contributed by atoms with Gasteiger partial charge in [-0.1, -0.05) is 112 Å². The fourth-order valence-electron chi connectivity index (χ4n) is 13.6. The number of aromatic nitrogens is 5. The lowest BCUT2D eigenvalue weighted by atomic mass is 9.64. The van der Waals surface area contributed by atoms with Crippen LogP contribution in [0.1, 0.15) is 156 Å². The van der Waals surface area contributed by atoms with Crippen LogP contribution in [-0.4, -0.2) is 42.7 Å². The number of H-pyrrole nitrogens is 4. The summed E-state index contributed by atoms with van der Waals surface area (Å²) in [5.41, 5.74) is 0.476. The maximum absolute atomic E-state index is 15.1.